The van der Waals surface area contributed by atoms with Gasteiger partial charge in [-0.05, 0) is 49.9 Å². The van der Waals surface area contributed by atoms with Crippen LogP contribution >= 0.6 is 0 Å². The number of anilines is 1. The van der Waals surface area contributed by atoms with Crippen LogP contribution in [-0.4, -0.2) is 12.6 Å². The molecule has 1 saturated carbocycles. The van der Waals surface area contributed by atoms with Crippen molar-refractivity contribution in [3.8, 4) is 0 Å². The fraction of sp³-hybridized carbons (Fsp3) is 0.538. The topological polar surface area (TPSA) is 38.0 Å². The first kappa shape index (κ1) is 10.5. The van der Waals surface area contributed by atoms with Crippen molar-refractivity contribution in [3.63, 3.8) is 0 Å². The third-order valence-corrected chi connectivity index (χ3v) is 3.13. The molecule has 0 unspecified atom stereocenters. The molecule has 0 atom stereocenters. The Morgan fingerprint density at radius 2 is 2.20 bits per heavy atom. The van der Waals surface area contributed by atoms with Gasteiger partial charge in [0.05, 0.1) is 0 Å². The minimum atomic E-state index is 0.811. The smallest absolute Gasteiger partial charge is 0.0316 e. The monoisotopic (exact) mass is 204 g/mol. The van der Waals surface area contributed by atoms with Crippen molar-refractivity contribution in [3.05, 3.63) is 29.8 Å². The van der Waals surface area contributed by atoms with Gasteiger partial charge < -0.3 is 11.1 Å². The van der Waals surface area contributed by atoms with Gasteiger partial charge in [-0.1, -0.05) is 18.6 Å². The van der Waals surface area contributed by atoms with E-state index in [1.54, 1.807) is 0 Å². The summed E-state index contributed by atoms with van der Waals surface area (Å²) in [4.78, 5) is 0. The summed E-state index contributed by atoms with van der Waals surface area (Å²) >= 11 is 0. The van der Waals surface area contributed by atoms with Crippen molar-refractivity contribution in [2.75, 3.05) is 12.3 Å². The van der Waals surface area contributed by atoms with Gasteiger partial charge in [0.2, 0.25) is 0 Å². The Bertz CT molecular complexity index is 305. The van der Waals surface area contributed by atoms with E-state index in [0.717, 1.165) is 24.7 Å². The molecule has 15 heavy (non-hydrogen) atoms. The molecule has 1 aliphatic carbocycles. The normalized spacial score (nSPS) is 16.3. The van der Waals surface area contributed by atoms with Gasteiger partial charge in [0.1, 0.15) is 0 Å². The first-order valence-corrected chi connectivity index (χ1v) is 5.92. The molecule has 2 heteroatoms. The van der Waals surface area contributed by atoms with Crippen LogP contribution in [0.15, 0.2) is 24.3 Å². The maximum atomic E-state index is 5.73. The van der Waals surface area contributed by atoms with Crippen molar-refractivity contribution in [2.45, 2.75) is 38.1 Å². The fourth-order valence-electron chi connectivity index (χ4n) is 1.96. The van der Waals surface area contributed by atoms with Gasteiger partial charge in [-0.15, -0.1) is 0 Å². The third-order valence-electron chi connectivity index (χ3n) is 3.13. The molecular weight excluding hydrogens is 184 g/mol. The highest BCUT2D eigenvalue weighted by Crippen LogP contribution is 2.17. The van der Waals surface area contributed by atoms with E-state index in [-0.39, 0.29) is 0 Å². The summed E-state index contributed by atoms with van der Waals surface area (Å²) in [5.74, 6) is 0. The number of rotatable bonds is 5. The van der Waals surface area contributed by atoms with Crippen LogP contribution in [0.2, 0.25) is 0 Å². The van der Waals surface area contributed by atoms with Gasteiger partial charge >= 0.3 is 0 Å². The highest BCUT2D eigenvalue weighted by atomic mass is 14.9. The Balaban J connectivity index is 1.64. The summed E-state index contributed by atoms with van der Waals surface area (Å²) in [6.07, 6.45) is 6.49. The van der Waals surface area contributed by atoms with E-state index in [4.69, 9.17) is 5.73 Å². The van der Waals surface area contributed by atoms with Crippen LogP contribution in [0.1, 0.15) is 31.2 Å². The van der Waals surface area contributed by atoms with Crippen LogP contribution < -0.4 is 11.1 Å². The van der Waals surface area contributed by atoms with Gasteiger partial charge in [0.25, 0.3) is 0 Å². The standard InChI is InChI=1S/C13H20N2/c14-12-6-1-4-11(10-12)5-3-9-15-13-7-2-8-13/h1,4,6,10,13,15H,2-3,5,7-9,14H2. The molecule has 0 bridgehead atoms. The maximum Gasteiger partial charge on any atom is 0.0316 e. The minimum Gasteiger partial charge on any atom is -0.399 e. The van der Waals surface area contributed by atoms with Crippen LogP contribution in [-0.2, 0) is 6.42 Å². The van der Waals surface area contributed by atoms with Gasteiger partial charge in [-0.2, -0.15) is 0 Å². The molecule has 82 valence electrons. The van der Waals surface area contributed by atoms with Crippen molar-refractivity contribution < 1.29 is 0 Å². The summed E-state index contributed by atoms with van der Waals surface area (Å²) in [6, 6.07) is 9.01. The number of benzene rings is 1. The lowest BCUT2D eigenvalue weighted by molar-refractivity contribution is 0.339. The Labute approximate surface area is 91.9 Å². The zero-order valence-electron chi connectivity index (χ0n) is 9.21. The number of nitrogens with two attached hydrogens (primary N) is 1. The molecule has 2 nitrogen and oxygen atoms in total. The Kier molecular flexibility index (Phi) is 3.62. The zero-order valence-corrected chi connectivity index (χ0v) is 9.21. The quantitative estimate of drug-likeness (QED) is 0.570. The molecule has 1 aromatic rings. The van der Waals surface area contributed by atoms with Gasteiger partial charge in [-0.25, -0.2) is 0 Å². The highest BCUT2D eigenvalue weighted by Gasteiger charge is 2.15. The molecule has 0 aliphatic heterocycles. The van der Waals surface area contributed by atoms with Gasteiger partial charge in [-0.3, -0.25) is 0 Å². The second-order valence-corrected chi connectivity index (χ2v) is 4.43. The summed E-state index contributed by atoms with van der Waals surface area (Å²) in [5.41, 5.74) is 7.95. The summed E-state index contributed by atoms with van der Waals surface area (Å²) in [6.45, 7) is 1.14. The van der Waals surface area contributed by atoms with Crippen molar-refractivity contribution in [1.82, 2.24) is 5.32 Å². The van der Waals surface area contributed by atoms with E-state index in [0.29, 0.717) is 0 Å². The van der Waals surface area contributed by atoms with E-state index in [1.165, 1.54) is 31.2 Å². The number of nitrogen functional groups attached to an aromatic ring is 1. The number of aryl methyl sites for hydroxylation is 1. The van der Waals surface area contributed by atoms with E-state index >= 15 is 0 Å². The van der Waals surface area contributed by atoms with E-state index in [9.17, 15) is 0 Å². The molecule has 3 N–H and O–H groups in total. The maximum absolute atomic E-state index is 5.73. The minimum absolute atomic E-state index is 0.811. The summed E-state index contributed by atoms with van der Waals surface area (Å²) < 4.78 is 0. The van der Waals surface area contributed by atoms with Crippen LogP contribution in [0, 0.1) is 0 Å². The molecule has 0 spiro atoms. The molecule has 2 rings (SSSR count). The van der Waals surface area contributed by atoms with Crippen LogP contribution in [0.25, 0.3) is 0 Å². The second kappa shape index (κ2) is 5.17. The SMILES string of the molecule is Nc1cccc(CCCNC2CCC2)c1. The average molecular weight is 204 g/mol. The highest BCUT2D eigenvalue weighted by molar-refractivity contribution is 5.40. The van der Waals surface area contributed by atoms with Crippen molar-refractivity contribution >= 4 is 5.69 Å². The second-order valence-electron chi connectivity index (χ2n) is 4.43. The van der Waals surface area contributed by atoms with Crippen LogP contribution in [0.4, 0.5) is 5.69 Å². The Morgan fingerprint density at radius 3 is 2.87 bits per heavy atom. The number of hydrogen-bond donors (Lipinski definition) is 2. The molecule has 1 aliphatic rings. The van der Waals surface area contributed by atoms with Crippen molar-refractivity contribution in [1.29, 1.82) is 0 Å². The third kappa shape index (κ3) is 3.24. The first-order chi connectivity index (χ1) is 7.34. The molecule has 0 saturated heterocycles. The fourth-order valence-corrected chi connectivity index (χ4v) is 1.96. The lowest BCUT2D eigenvalue weighted by Gasteiger charge is -2.26. The average Bonchev–Trinajstić information content (AvgIpc) is 2.15. The van der Waals surface area contributed by atoms with Gasteiger partial charge in [0.15, 0.2) is 0 Å². The first-order valence-electron chi connectivity index (χ1n) is 5.92. The Hall–Kier alpha value is -1.02. The zero-order chi connectivity index (χ0) is 10.5. The van der Waals surface area contributed by atoms with E-state index in [1.807, 2.05) is 12.1 Å². The van der Waals surface area contributed by atoms with Crippen LogP contribution in [0.5, 0.6) is 0 Å². The molecule has 1 aromatic carbocycles. The molecule has 0 heterocycles. The molecule has 0 amide bonds. The lowest BCUT2D eigenvalue weighted by atomic mass is 9.93. The molecule has 0 radical (unpaired) electrons. The van der Waals surface area contributed by atoms with Crippen molar-refractivity contribution in [2.24, 2.45) is 0 Å². The Morgan fingerprint density at radius 1 is 1.33 bits per heavy atom. The van der Waals surface area contributed by atoms with E-state index in [2.05, 4.69) is 17.4 Å². The molecule has 1 fully saturated rings. The largest absolute Gasteiger partial charge is 0.399 e. The molecule has 0 aromatic heterocycles. The lowest BCUT2D eigenvalue weighted by Crippen LogP contribution is -2.35. The summed E-state index contributed by atoms with van der Waals surface area (Å²) in [7, 11) is 0. The number of nitrogens with one attached hydrogen (secondary N) is 1. The molecular formula is C13H20N2. The predicted molar refractivity (Wildman–Crippen MR) is 64.8 cm³/mol. The number of hydrogen-bond acceptors (Lipinski definition) is 2. The van der Waals surface area contributed by atoms with Crippen LogP contribution in [0.3, 0.4) is 0 Å². The van der Waals surface area contributed by atoms with E-state index < -0.39 is 0 Å². The van der Waals surface area contributed by atoms with Gasteiger partial charge in [0, 0.05) is 11.7 Å². The predicted octanol–water partition coefficient (Wildman–Crippen LogP) is 2.34. The summed E-state index contributed by atoms with van der Waals surface area (Å²) in [5, 5.41) is 3.57.